The van der Waals surface area contributed by atoms with Gasteiger partial charge in [-0.25, -0.2) is 8.78 Å². The molecule has 0 fully saturated rings. The molecule has 9 heteroatoms. The number of aromatic nitrogens is 1. The average molecular weight is 457 g/mol. The number of carbonyl (C=O) groups excluding carboxylic acids is 1. The number of nitrogens with zero attached hydrogens (tertiary/aromatic N) is 2. The molecule has 164 valence electrons. The van der Waals surface area contributed by atoms with Gasteiger partial charge in [0.1, 0.15) is 18.3 Å². The molecular formula is C23H19ClF2N4O2. The largest absolute Gasteiger partial charge is 0.324 e. The van der Waals surface area contributed by atoms with Crippen LogP contribution in [0.3, 0.4) is 0 Å². The number of hydrogen-bond donors (Lipinski definition) is 2. The highest BCUT2D eigenvalue weighted by Gasteiger charge is 2.34. The molecule has 3 heterocycles. The fourth-order valence-corrected chi connectivity index (χ4v) is 4.39. The molecule has 2 N–H and O–H groups in total. The Morgan fingerprint density at radius 3 is 2.62 bits per heavy atom. The van der Waals surface area contributed by atoms with Crippen LogP contribution in [-0.2, 0) is 13.0 Å². The Morgan fingerprint density at radius 2 is 1.81 bits per heavy atom. The van der Waals surface area contributed by atoms with Crippen molar-refractivity contribution in [2.45, 2.75) is 19.9 Å². The van der Waals surface area contributed by atoms with E-state index in [4.69, 9.17) is 11.6 Å². The van der Waals surface area contributed by atoms with Crippen LogP contribution in [0, 0.1) is 18.6 Å². The first-order chi connectivity index (χ1) is 15.3. The van der Waals surface area contributed by atoms with Crippen LogP contribution in [0.1, 0.15) is 27.2 Å². The van der Waals surface area contributed by atoms with Gasteiger partial charge in [-0.05, 0) is 48.9 Å². The lowest BCUT2D eigenvalue weighted by Crippen LogP contribution is -2.46. The van der Waals surface area contributed by atoms with E-state index >= 15 is 0 Å². The zero-order valence-electron chi connectivity index (χ0n) is 17.1. The molecular weight excluding hydrogens is 438 g/mol. The highest BCUT2D eigenvalue weighted by atomic mass is 35.5. The van der Waals surface area contributed by atoms with E-state index in [2.05, 4.69) is 10.3 Å². The molecule has 1 amide bonds. The lowest BCUT2D eigenvalue weighted by Gasteiger charge is -2.39. The number of carbonyl (C=O) groups is 1. The van der Waals surface area contributed by atoms with Gasteiger partial charge in [-0.2, -0.15) is 0 Å². The summed E-state index contributed by atoms with van der Waals surface area (Å²) in [7, 11) is 0. The molecule has 2 aliphatic rings. The van der Waals surface area contributed by atoms with Crippen molar-refractivity contribution in [3.63, 3.8) is 0 Å². The Labute approximate surface area is 187 Å². The maximum Gasteiger partial charge on any atom is 0.262 e. The third-order valence-electron chi connectivity index (χ3n) is 5.86. The number of benzene rings is 2. The second-order valence-electron chi connectivity index (χ2n) is 7.93. The highest BCUT2D eigenvalue weighted by Crippen LogP contribution is 2.40. The van der Waals surface area contributed by atoms with Gasteiger partial charge in [-0.15, -0.1) is 0 Å². The molecule has 32 heavy (non-hydrogen) atoms. The molecule has 2 aliphatic heterocycles. The molecule has 0 saturated carbocycles. The number of pyridine rings is 1. The number of aromatic amines is 1. The minimum absolute atomic E-state index is 0.0882. The van der Waals surface area contributed by atoms with Crippen molar-refractivity contribution in [1.82, 2.24) is 10.3 Å². The van der Waals surface area contributed by atoms with Crippen molar-refractivity contribution in [2.75, 3.05) is 23.0 Å². The molecule has 2 bridgehead atoms. The fourth-order valence-electron chi connectivity index (χ4n) is 4.23. The van der Waals surface area contributed by atoms with Gasteiger partial charge >= 0.3 is 0 Å². The highest BCUT2D eigenvalue weighted by molar-refractivity contribution is 6.31. The van der Waals surface area contributed by atoms with E-state index in [1.165, 1.54) is 23.1 Å². The summed E-state index contributed by atoms with van der Waals surface area (Å²) in [5.74, 6) is -1.50. The van der Waals surface area contributed by atoms with Crippen molar-refractivity contribution < 1.29 is 13.6 Å². The second-order valence-corrected chi connectivity index (χ2v) is 8.34. The molecule has 1 aromatic heterocycles. The quantitative estimate of drug-likeness (QED) is 0.536. The van der Waals surface area contributed by atoms with E-state index in [9.17, 15) is 18.4 Å². The van der Waals surface area contributed by atoms with Crippen molar-refractivity contribution in [3.05, 3.63) is 85.8 Å². The topological polar surface area (TPSA) is 68.4 Å². The molecule has 0 atom stereocenters. The zero-order valence-corrected chi connectivity index (χ0v) is 17.9. The van der Waals surface area contributed by atoms with Crippen LogP contribution in [0.15, 0.2) is 41.2 Å². The van der Waals surface area contributed by atoms with E-state index in [0.717, 1.165) is 6.07 Å². The summed E-state index contributed by atoms with van der Waals surface area (Å²) in [6.45, 7) is 2.62. The Balaban J connectivity index is 1.79. The van der Waals surface area contributed by atoms with E-state index in [-0.39, 0.29) is 28.6 Å². The average Bonchev–Trinajstić information content (AvgIpc) is 2.78. The van der Waals surface area contributed by atoms with Crippen LogP contribution in [0.4, 0.5) is 25.8 Å². The van der Waals surface area contributed by atoms with Crippen LogP contribution in [0.25, 0.3) is 0 Å². The summed E-state index contributed by atoms with van der Waals surface area (Å²) in [6, 6.07) is 8.63. The summed E-state index contributed by atoms with van der Waals surface area (Å²) in [5.41, 5.74) is 3.29. The Kier molecular flexibility index (Phi) is 4.98. The molecule has 2 aromatic carbocycles. The number of aryl methyl sites for hydroxylation is 1. The first-order valence-electron chi connectivity index (χ1n) is 10.1. The first kappa shape index (κ1) is 20.7. The summed E-state index contributed by atoms with van der Waals surface area (Å²) < 4.78 is 28.5. The Morgan fingerprint density at radius 1 is 1.00 bits per heavy atom. The number of nitrogens with one attached hydrogen (secondary N) is 2. The van der Waals surface area contributed by atoms with Crippen molar-refractivity contribution in [1.29, 1.82) is 0 Å². The van der Waals surface area contributed by atoms with Gasteiger partial charge < -0.3 is 15.2 Å². The van der Waals surface area contributed by atoms with Crippen LogP contribution in [0.2, 0.25) is 5.02 Å². The standard InChI is InChI=1S/C23H19ClF2N4O2/c1-12-6-21-18(28-22(12)31)4-5-27-10-13-7-14(25)2-3-19(13)29-11-30(21)23(32)15-8-17(26)16(24)9-20(15)29/h2-3,6-9,27H,4-5,10-11H2,1H3,(H,28,31). The zero-order chi connectivity index (χ0) is 22.6. The molecule has 3 aromatic rings. The predicted molar refractivity (Wildman–Crippen MR) is 119 cm³/mol. The number of fused-ring (bicyclic) bond motifs is 8. The third kappa shape index (κ3) is 3.36. The number of anilines is 3. The second kappa shape index (κ2) is 7.72. The van der Waals surface area contributed by atoms with Gasteiger partial charge in [0.05, 0.1) is 22.0 Å². The molecule has 0 unspecified atom stereocenters. The maximum atomic E-state index is 14.4. The van der Waals surface area contributed by atoms with Gasteiger partial charge in [-0.3, -0.25) is 14.5 Å². The monoisotopic (exact) mass is 456 g/mol. The fraction of sp³-hybridized carbons (Fsp3) is 0.217. The van der Waals surface area contributed by atoms with Crippen molar-refractivity contribution in [3.8, 4) is 0 Å². The molecule has 0 radical (unpaired) electrons. The smallest absolute Gasteiger partial charge is 0.262 e. The van der Waals surface area contributed by atoms with Gasteiger partial charge in [0, 0.05) is 36.5 Å². The summed E-state index contributed by atoms with van der Waals surface area (Å²) >= 11 is 6.06. The van der Waals surface area contributed by atoms with E-state index in [1.54, 1.807) is 19.1 Å². The SMILES string of the molecule is Cc1cc2c([nH]c1=O)CCNCc1cc(F)ccc1N1CN2C(=O)c2cc(F)c(Cl)cc21. The Hall–Kier alpha value is -3.23. The summed E-state index contributed by atoms with van der Waals surface area (Å²) in [5, 5.41) is 3.16. The van der Waals surface area contributed by atoms with E-state index in [0.29, 0.717) is 53.4 Å². The third-order valence-corrected chi connectivity index (χ3v) is 6.15. The van der Waals surface area contributed by atoms with Crippen molar-refractivity contribution in [2.24, 2.45) is 0 Å². The van der Waals surface area contributed by atoms with Crippen LogP contribution in [-0.4, -0.2) is 24.1 Å². The maximum absolute atomic E-state index is 14.4. The molecule has 0 aliphatic carbocycles. The molecule has 0 saturated heterocycles. The molecule has 5 rings (SSSR count). The van der Waals surface area contributed by atoms with Crippen LogP contribution in [0.5, 0.6) is 0 Å². The van der Waals surface area contributed by atoms with Crippen LogP contribution < -0.4 is 20.7 Å². The van der Waals surface area contributed by atoms with E-state index in [1.807, 2.05) is 4.90 Å². The molecule has 0 spiro atoms. The predicted octanol–water partition coefficient (Wildman–Crippen LogP) is 4.02. The number of amides is 1. The van der Waals surface area contributed by atoms with Gasteiger partial charge in [0.2, 0.25) is 0 Å². The normalized spacial score (nSPS) is 15.6. The lowest BCUT2D eigenvalue weighted by atomic mass is 10.0. The van der Waals surface area contributed by atoms with Crippen LogP contribution >= 0.6 is 11.6 Å². The minimum atomic E-state index is -0.705. The van der Waals surface area contributed by atoms with Gasteiger partial charge in [0.15, 0.2) is 0 Å². The number of H-pyrrole nitrogens is 1. The number of rotatable bonds is 0. The number of halogens is 3. The first-order valence-corrected chi connectivity index (χ1v) is 10.5. The Bertz CT molecular complexity index is 1320. The summed E-state index contributed by atoms with van der Waals surface area (Å²) in [4.78, 5) is 31.9. The lowest BCUT2D eigenvalue weighted by molar-refractivity contribution is 0.0983. The molecule has 6 nitrogen and oxygen atoms in total. The van der Waals surface area contributed by atoms with Gasteiger partial charge in [-0.1, -0.05) is 11.6 Å². The summed E-state index contributed by atoms with van der Waals surface area (Å²) in [6.07, 6.45) is 0.446. The minimum Gasteiger partial charge on any atom is -0.324 e. The van der Waals surface area contributed by atoms with Crippen molar-refractivity contribution >= 4 is 34.6 Å². The van der Waals surface area contributed by atoms with E-state index < -0.39 is 11.7 Å². The van der Waals surface area contributed by atoms with Gasteiger partial charge in [0.25, 0.3) is 11.5 Å². The number of hydrogen-bond acceptors (Lipinski definition) is 4.